The summed E-state index contributed by atoms with van der Waals surface area (Å²) in [5.74, 6) is -0.457. The van der Waals surface area contributed by atoms with Crippen molar-refractivity contribution in [3.8, 4) is 0 Å². The first-order valence-electron chi connectivity index (χ1n) is 5.30. The normalized spacial score (nSPS) is 11.9. The van der Waals surface area contributed by atoms with Crippen LogP contribution < -0.4 is 5.32 Å². The molecule has 0 aliphatic rings. The van der Waals surface area contributed by atoms with Crippen LogP contribution in [-0.4, -0.2) is 28.6 Å². The van der Waals surface area contributed by atoms with Crippen molar-refractivity contribution < 1.29 is 14.8 Å². The maximum atomic E-state index is 11.8. The third-order valence-corrected chi connectivity index (χ3v) is 2.51. The number of amides is 1. The summed E-state index contributed by atoms with van der Waals surface area (Å²) >= 11 is 5.71. The molecule has 0 aromatic heterocycles. The Morgan fingerprint density at radius 2 is 2.22 bits per heavy atom. The predicted octanol–water partition coefficient (Wildman–Crippen LogP) is 1.75. The maximum Gasteiger partial charge on any atom is 0.271 e. The molecule has 0 radical (unpaired) electrons. The van der Waals surface area contributed by atoms with Crippen LogP contribution in [0.1, 0.15) is 23.7 Å². The molecule has 0 saturated heterocycles. The first-order chi connectivity index (χ1) is 8.43. The minimum Gasteiger partial charge on any atom is -0.396 e. The Hall–Kier alpha value is -1.66. The number of hydrogen-bond acceptors (Lipinski definition) is 4. The van der Waals surface area contributed by atoms with Crippen molar-refractivity contribution in [2.24, 2.45) is 0 Å². The Bertz CT molecular complexity index is 464. The standard InChI is InChI=1S/C11H13ClN2O4/c1-7(2-3-15)13-11(16)8-4-9(12)6-10(5-8)14(17)18/h4-7,15H,2-3H2,1H3,(H,13,16). The lowest BCUT2D eigenvalue weighted by Gasteiger charge is -2.12. The van der Waals surface area contributed by atoms with E-state index >= 15 is 0 Å². The summed E-state index contributed by atoms with van der Waals surface area (Å²) in [7, 11) is 0. The average molecular weight is 273 g/mol. The van der Waals surface area contributed by atoms with Gasteiger partial charge >= 0.3 is 0 Å². The number of aliphatic hydroxyl groups is 1. The average Bonchev–Trinajstić information content (AvgIpc) is 2.28. The van der Waals surface area contributed by atoms with Crippen molar-refractivity contribution in [1.82, 2.24) is 5.32 Å². The van der Waals surface area contributed by atoms with Gasteiger partial charge < -0.3 is 10.4 Å². The number of rotatable bonds is 5. The molecule has 18 heavy (non-hydrogen) atoms. The summed E-state index contributed by atoms with van der Waals surface area (Å²) in [6, 6.07) is 3.47. The van der Waals surface area contributed by atoms with Crippen LogP contribution in [0.5, 0.6) is 0 Å². The molecule has 1 aromatic rings. The highest BCUT2D eigenvalue weighted by Gasteiger charge is 2.15. The minimum absolute atomic E-state index is 0.0445. The number of nitro groups is 1. The molecule has 0 heterocycles. The molecule has 98 valence electrons. The number of aliphatic hydroxyl groups excluding tert-OH is 1. The van der Waals surface area contributed by atoms with Gasteiger partial charge in [-0.05, 0) is 19.4 Å². The Balaban J connectivity index is 2.88. The number of hydrogen-bond donors (Lipinski definition) is 2. The quantitative estimate of drug-likeness (QED) is 0.631. The summed E-state index contributed by atoms with van der Waals surface area (Å²) in [6.07, 6.45) is 0.411. The van der Waals surface area contributed by atoms with Crippen molar-refractivity contribution >= 4 is 23.2 Å². The van der Waals surface area contributed by atoms with Crippen molar-refractivity contribution in [3.05, 3.63) is 38.9 Å². The minimum atomic E-state index is -0.611. The van der Waals surface area contributed by atoms with E-state index in [1.807, 2.05) is 0 Å². The summed E-state index contributed by atoms with van der Waals surface area (Å²) in [5.41, 5.74) is -0.110. The van der Waals surface area contributed by atoms with Crippen LogP contribution >= 0.6 is 11.6 Å². The van der Waals surface area contributed by atoms with E-state index in [9.17, 15) is 14.9 Å². The molecular weight excluding hydrogens is 260 g/mol. The van der Waals surface area contributed by atoms with E-state index in [1.54, 1.807) is 6.92 Å². The van der Waals surface area contributed by atoms with Crippen molar-refractivity contribution in [3.63, 3.8) is 0 Å². The molecule has 2 N–H and O–H groups in total. The van der Waals surface area contributed by atoms with Crippen LogP contribution in [0.3, 0.4) is 0 Å². The van der Waals surface area contributed by atoms with E-state index in [2.05, 4.69) is 5.32 Å². The molecule has 1 amide bonds. The van der Waals surface area contributed by atoms with E-state index in [1.165, 1.54) is 12.1 Å². The molecule has 0 fully saturated rings. The van der Waals surface area contributed by atoms with Crippen molar-refractivity contribution in [1.29, 1.82) is 0 Å². The van der Waals surface area contributed by atoms with Gasteiger partial charge in [-0.2, -0.15) is 0 Å². The number of carbonyl (C=O) groups is 1. The molecular formula is C11H13ClN2O4. The second-order valence-corrected chi connectivity index (χ2v) is 4.28. The highest BCUT2D eigenvalue weighted by Crippen LogP contribution is 2.20. The van der Waals surface area contributed by atoms with E-state index in [-0.39, 0.29) is 28.9 Å². The summed E-state index contributed by atoms with van der Waals surface area (Å²) in [6.45, 7) is 1.68. The maximum absolute atomic E-state index is 11.8. The monoisotopic (exact) mass is 272 g/mol. The molecule has 1 atom stereocenters. The van der Waals surface area contributed by atoms with Crippen molar-refractivity contribution in [2.45, 2.75) is 19.4 Å². The summed E-state index contributed by atoms with van der Waals surface area (Å²) in [4.78, 5) is 21.8. The fraction of sp³-hybridized carbons (Fsp3) is 0.364. The SMILES string of the molecule is CC(CCO)NC(=O)c1cc(Cl)cc([N+](=O)[O-])c1. The number of nitrogens with one attached hydrogen (secondary N) is 1. The van der Waals surface area contributed by atoms with Crippen LogP contribution in [0, 0.1) is 10.1 Å². The van der Waals surface area contributed by atoms with Crippen LogP contribution in [0.2, 0.25) is 5.02 Å². The Morgan fingerprint density at radius 3 is 2.78 bits per heavy atom. The molecule has 1 unspecified atom stereocenters. The van der Waals surface area contributed by atoms with E-state index in [0.717, 1.165) is 6.07 Å². The highest BCUT2D eigenvalue weighted by atomic mass is 35.5. The molecule has 7 heteroatoms. The molecule has 0 aliphatic heterocycles. The Labute approximate surface area is 109 Å². The van der Waals surface area contributed by atoms with Crippen LogP contribution in [0.4, 0.5) is 5.69 Å². The van der Waals surface area contributed by atoms with Gasteiger partial charge in [0.05, 0.1) is 4.92 Å². The molecule has 0 aliphatic carbocycles. The second-order valence-electron chi connectivity index (χ2n) is 3.84. The van der Waals surface area contributed by atoms with Gasteiger partial charge in [-0.1, -0.05) is 11.6 Å². The van der Waals surface area contributed by atoms with E-state index in [0.29, 0.717) is 6.42 Å². The lowest BCUT2D eigenvalue weighted by molar-refractivity contribution is -0.384. The largest absolute Gasteiger partial charge is 0.396 e. The summed E-state index contributed by atoms with van der Waals surface area (Å²) < 4.78 is 0. The van der Waals surface area contributed by atoms with Crippen LogP contribution in [0.25, 0.3) is 0 Å². The Morgan fingerprint density at radius 1 is 1.56 bits per heavy atom. The first-order valence-corrected chi connectivity index (χ1v) is 5.68. The third-order valence-electron chi connectivity index (χ3n) is 2.30. The number of non-ortho nitro benzene ring substituents is 1. The van der Waals surface area contributed by atoms with Crippen molar-refractivity contribution in [2.75, 3.05) is 6.61 Å². The molecule has 1 aromatic carbocycles. The molecule has 6 nitrogen and oxygen atoms in total. The predicted molar refractivity (Wildman–Crippen MR) is 66.7 cm³/mol. The van der Waals surface area contributed by atoms with E-state index < -0.39 is 10.8 Å². The van der Waals surface area contributed by atoms with Crippen LogP contribution in [-0.2, 0) is 0 Å². The second kappa shape index (κ2) is 6.32. The highest BCUT2D eigenvalue weighted by molar-refractivity contribution is 6.31. The van der Waals surface area contributed by atoms with Gasteiger partial charge in [0.25, 0.3) is 11.6 Å². The Kier molecular flexibility index (Phi) is 5.06. The first kappa shape index (κ1) is 14.4. The fourth-order valence-electron chi connectivity index (χ4n) is 1.38. The topological polar surface area (TPSA) is 92.5 Å². The number of nitrogens with zero attached hydrogens (tertiary/aromatic N) is 1. The molecule has 0 bridgehead atoms. The van der Waals surface area contributed by atoms with Gasteiger partial charge in [-0.15, -0.1) is 0 Å². The molecule has 0 saturated carbocycles. The zero-order valence-electron chi connectivity index (χ0n) is 9.72. The fourth-order valence-corrected chi connectivity index (χ4v) is 1.61. The van der Waals surface area contributed by atoms with Crippen LogP contribution in [0.15, 0.2) is 18.2 Å². The smallest absolute Gasteiger partial charge is 0.271 e. The van der Waals surface area contributed by atoms with Gasteiger partial charge in [-0.25, -0.2) is 0 Å². The molecule has 1 rings (SSSR count). The number of benzene rings is 1. The number of nitro benzene ring substituents is 1. The zero-order chi connectivity index (χ0) is 13.7. The van der Waals surface area contributed by atoms with Gasteiger partial charge in [-0.3, -0.25) is 14.9 Å². The lowest BCUT2D eigenvalue weighted by atomic mass is 10.1. The van der Waals surface area contributed by atoms with Gasteiger partial charge in [0.1, 0.15) is 0 Å². The lowest BCUT2D eigenvalue weighted by Crippen LogP contribution is -2.33. The van der Waals surface area contributed by atoms with Gasteiger partial charge in [0.2, 0.25) is 0 Å². The van der Waals surface area contributed by atoms with Gasteiger partial charge in [0, 0.05) is 35.4 Å². The number of halogens is 1. The molecule has 0 spiro atoms. The van der Waals surface area contributed by atoms with E-state index in [4.69, 9.17) is 16.7 Å². The third kappa shape index (κ3) is 3.97. The summed E-state index contributed by atoms with van der Waals surface area (Å²) in [5, 5.41) is 22.1. The zero-order valence-corrected chi connectivity index (χ0v) is 10.5. The number of carbonyl (C=O) groups excluding carboxylic acids is 1. The van der Waals surface area contributed by atoms with Gasteiger partial charge in [0.15, 0.2) is 0 Å².